The Bertz CT molecular complexity index is 375. The van der Waals surface area contributed by atoms with E-state index in [2.05, 4.69) is 53.8 Å². The lowest BCUT2D eigenvalue weighted by atomic mass is 9.90. The van der Waals surface area contributed by atoms with Crippen molar-refractivity contribution in [3.63, 3.8) is 0 Å². The van der Waals surface area contributed by atoms with Crippen LogP contribution in [0.2, 0.25) is 0 Å². The number of piperidine rings is 1. The summed E-state index contributed by atoms with van der Waals surface area (Å²) >= 11 is 0. The van der Waals surface area contributed by atoms with Crippen molar-refractivity contribution in [1.82, 2.24) is 14.9 Å². The minimum Gasteiger partial charge on any atom is -0.342 e. The lowest BCUT2D eigenvalue weighted by Crippen LogP contribution is -2.50. The molecule has 0 atom stereocenters. The van der Waals surface area contributed by atoms with Crippen molar-refractivity contribution in [2.45, 2.75) is 45.7 Å². The summed E-state index contributed by atoms with van der Waals surface area (Å²) in [5, 5.41) is 3.43. The number of nitrogens with one attached hydrogen (secondary N) is 1. The summed E-state index contributed by atoms with van der Waals surface area (Å²) in [7, 11) is 2.06. The second-order valence-corrected chi connectivity index (χ2v) is 5.27. The van der Waals surface area contributed by atoms with Crippen LogP contribution in [-0.4, -0.2) is 35.2 Å². The molecule has 0 unspecified atom stereocenters. The summed E-state index contributed by atoms with van der Waals surface area (Å²) in [5.74, 6) is 1.14. The summed E-state index contributed by atoms with van der Waals surface area (Å²) in [6, 6.07) is 0. The zero-order valence-corrected chi connectivity index (χ0v) is 11.5. The highest BCUT2D eigenvalue weighted by molar-refractivity contribution is 5.34. The zero-order valence-electron chi connectivity index (χ0n) is 11.5. The Morgan fingerprint density at radius 1 is 1.41 bits per heavy atom. The molecule has 1 saturated heterocycles. The summed E-state index contributed by atoms with van der Waals surface area (Å²) < 4.78 is 2.25. The Morgan fingerprint density at radius 2 is 2.06 bits per heavy atom. The van der Waals surface area contributed by atoms with E-state index in [0.29, 0.717) is 5.54 Å². The van der Waals surface area contributed by atoms with E-state index < -0.39 is 0 Å². The maximum Gasteiger partial charge on any atom is 0.205 e. The van der Waals surface area contributed by atoms with Crippen molar-refractivity contribution in [3.8, 4) is 0 Å². The summed E-state index contributed by atoms with van der Waals surface area (Å²) in [5.41, 5.74) is 1.42. The second-order valence-electron chi connectivity index (χ2n) is 5.27. The summed E-state index contributed by atoms with van der Waals surface area (Å²) in [6.07, 6.45) is 4.50. The van der Waals surface area contributed by atoms with Crippen molar-refractivity contribution in [3.05, 3.63) is 11.9 Å². The van der Waals surface area contributed by atoms with Crippen LogP contribution in [0, 0.1) is 6.92 Å². The minimum atomic E-state index is 0.301. The number of hydrogen-bond acceptors (Lipinski definition) is 3. The van der Waals surface area contributed by atoms with E-state index in [-0.39, 0.29) is 0 Å². The summed E-state index contributed by atoms with van der Waals surface area (Å²) in [6.45, 7) is 9.73. The fourth-order valence-electron chi connectivity index (χ4n) is 2.47. The fourth-order valence-corrected chi connectivity index (χ4v) is 2.47. The van der Waals surface area contributed by atoms with E-state index in [1.165, 1.54) is 12.8 Å². The van der Waals surface area contributed by atoms with E-state index in [4.69, 9.17) is 0 Å². The third kappa shape index (κ3) is 2.46. The number of imidazole rings is 1. The van der Waals surface area contributed by atoms with Gasteiger partial charge in [0.2, 0.25) is 5.95 Å². The quantitative estimate of drug-likeness (QED) is 0.868. The van der Waals surface area contributed by atoms with Gasteiger partial charge in [-0.25, -0.2) is 4.98 Å². The largest absolute Gasteiger partial charge is 0.342 e. The van der Waals surface area contributed by atoms with Gasteiger partial charge in [-0.3, -0.25) is 0 Å². The maximum atomic E-state index is 4.65. The average Bonchev–Trinajstić information content (AvgIpc) is 2.71. The molecule has 1 aromatic heterocycles. The normalized spacial score (nSPS) is 19.6. The minimum absolute atomic E-state index is 0.301. The van der Waals surface area contributed by atoms with Gasteiger partial charge >= 0.3 is 0 Å². The van der Waals surface area contributed by atoms with E-state index >= 15 is 0 Å². The van der Waals surface area contributed by atoms with E-state index in [0.717, 1.165) is 31.3 Å². The molecule has 0 bridgehead atoms. The van der Waals surface area contributed by atoms with Crippen molar-refractivity contribution >= 4 is 5.95 Å². The highest BCUT2D eigenvalue weighted by atomic mass is 15.3. The monoisotopic (exact) mass is 236 g/mol. The standard InChI is InChI=1S/C13H24N4/c1-5-16-10-11(2)15-12(16)17-8-6-13(3,14-4)7-9-17/h10,14H,5-9H2,1-4H3. The third-order valence-electron chi connectivity index (χ3n) is 3.97. The Labute approximate surface area is 104 Å². The van der Waals surface area contributed by atoms with Crippen LogP contribution in [0.5, 0.6) is 0 Å². The van der Waals surface area contributed by atoms with Gasteiger partial charge in [-0.1, -0.05) is 0 Å². The molecule has 96 valence electrons. The molecular weight excluding hydrogens is 212 g/mol. The first-order valence-electron chi connectivity index (χ1n) is 6.55. The Morgan fingerprint density at radius 3 is 2.59 bits per heavy atom. The first kappa shape index (κ1) is 12.4. The Hall–Kier alpha value is -1.03. The molecule has 1 N–H and O–H groups in total. The van der Waals surface area contributed by atoms with Gasteiger partial charge in [0, 0.05) is 31.4 Å². The van der Waals surface area contributed by atoms with Crippen LogP contribution in [0.4, 0.5) is 5.95 Å². The van der Waals surface area contributed by atoms with Crippen LogP contribution < -0.4 is 10.2 Å². The van der Waals surface area contributed by atoms with Crippen LogP contribution >= 0.6 is 0 Å². The van der Waals surface area contributed by atoms with E-state index in [1.54, 1.807) is 0 Å². The number of aryl methyl sites for hydroxylation is 2. The van der Waals surface area contributed by atoms with Crippen LogP contribution in [0.3, 0.4) is 0 Å². The van der Waals surface area contributed by atoms with Gasteiger partial charge < -0.3 is 14.8 Å². The van der Waals surface area contributed by atoms with Gasteiger partial charge in [0.15, 0.2) is 0 Å². The van der Waals surface area contributed by atoms with Crippen molar-refractivity contribution in [2.75, 3.05) is 25.0 Å². The van der Waals surface area contributed by atoms with Gasteiger partial charge in [0.1, 0.15) is 0 Å². The molecule has 1 aliphatic rings. The molecule has 17 heavy (non-hydrogen) atoms. The number of nitrogens with zero attached hydrogens (tertiary/aromatic N) is 3. The number of aromatic nitrogens is 2. The molecule has 0 aromatic carbocycles. The zero-order chi connectivity index (χ0) is 12.5. The van der Waals surface area contributed by atoms with Crippen LogP contribution in [0.15, 0.2) is 6.20 Å². The molecule has 0 aliphatic carbocycles. The molecule has 0 radical (unpaired) electrons. The predicted octanol–water partition coefficient (Wildman–Crippen LogP) is 1.79. The molecule has 4 nitrogen and oxygen atoms in total. The number of anilines is 1. The van der Waals surface area contributed by atoms with Gasteiger partial charge in [0.25, 0.3) is 0 Å². The molecule has 1 aromatic rings. The summed E-state index contributed by atoms with van der Waals surface area (Å²) in [4.78, 5) is 7.06. The van der Waals surface area contributed by atoms with E-state index in [9.17, 15) is 0 Å². The second kappa shape index (κ2) is 4.69. The molecule has 0 amide bonds. The predicted molar refractivity (Wildman–Crippen MR) is 71.5 cm³/mol. The molecule has 0 saturated carbocycles. The first-order valence-corrected chi connectivity index (χ1v) is 6.55. The van der Waals surface area contributed by atoms with Gasteiger partial charge in [-0.2, -0.15) is 0 Å². The smallest absolute Gasteiger partial charge is 0.205 e. The van der Waals surface area contributed by atoms with Gasteiger partial charge in [0.05, 0.1) is 5.69 Å². The molecular formula is C13H24N4. The maximum absolute atomic E-state index is 4.65. The molecule has 1 aliphatic heterocycles. The lowest BCUT2D eigenvalue weighted by molar-refractivity contribution is 0.302. The highest BCUT2D eigenvalue weighted by Crippen LogP contribution is 2.25. The van der Waals surface area contributed by atoms with Crippen molar-refractivity contribution < 1.29 is 0 Å². The lowest BCUT2D eigenvalue weighted by Gasteiger charge is -2.39. The third-order valence-corrected chi connectivity index (χ3v) is 3.97. The molecule has 2 rings (SSSR count). The number of hydrogen-bond donors (Lipinski definition) is 1. The average molecular weight is 236 g/mol. The van der Waals surface area contributed by atoms with Gasteiger partial charge in [-0.15, -0.1) is 0 Å². The molecule has 4 heteroatoms. The Kier molecular flexibility index (Phi) is 3.43. The van der Waals surface area contributed by atoms with Gasteiger partial charge in [-0.05, 0) is 40.7 Å². The van der Waals surface area contributed by atoms with Crippen molar-refractivity contribution in [2.24, 2.45) is 0 Å². The highest BCUT2D eigenvalue weighted by Gasteiger charge is 2.29. The SMILES string of the molecule is CCn1cc(C)nc1N1CCC(C)(NC)CC1. The van der Waals surface area contributed by atoms with E-state index in [1.807, 2.05) is 0 Å². The first-order chi connectivity index (χ1) is 8.08. The topological polar surface area (TPSA) is 33.1 Å². The van der Waals surface area contributed by atoms with Crippen LogP contribution in [0.25, 0.3) is 0 Å². The Balaban J connectivity index is 2.10. The van der Waals surface area contributed by atoms with Crippen LogP contribution in [0.1, 0.15) is 32.4 Å². The molecule has 2 heterocycles. The number of rotatable bonds is 3. The fraction of sp³-hybridized carbons (Fsp3) is 0.769. The molecule has 0 spiro atoms. The van der Waals surface area contributed by atoms with Crippen molar-refractivity contribution in [1.29, 1.82) is 0 Å². The molecule has 1 fully saturated rings. The van der Waals surface area contributed by atoms with Crippen LogP contribution in [-0.2, 0) is 6.54 Å².